The van der Waals surface area contributed by atoms with Crippen molar-refractivity contribution in [3.05, 3.63) is 35.4 Å². The van der Waals surface area contributed by atoms with Gasteiger partial charge in [0.25, 0.3) is 5.91 Å². The number of carbonyl (C=O) groups is 2. The molecule has 0 spiro atoms. The van der Waals surface area contributed by atoms with E-state index >= 15 is 0 Å². The van der Waals surface area contributed by atoms with Crippen molar-refractivity contribution in [2.75, 3.05) is 40.3 Å². The van der Waals surface area contributed by atoms with Gasteiger partial charge in [-0.1, -0.05) is 19.1 Å². The average molecular weight is 361 g/mol. The Kier molecular flexibility index (Phi) is 7.91. The molecule has 6 nitrogen and oxygen atoms in total. The maximum absolute atomic E-state index is 11.9. The molecule has 1 heterocycles. The van der Waals surface area contributed by atoms with Gasteiger partial charge in [-0.05, 0) is 62.5 Å². The average Bonchev–Trinajstić information content (AvgIpc) is 2.64. The smallest absolute Gasteiger partial charge is 0.315 e. The molecule has 1 saturated heterocycles. The maximum Gasteiger partial charge on any atom is 0.315 e. The predicted molar refractivity (Wildman–Crippen MR) is 104 cm³/mol. The van der Waals surface area contributed by atoms with Crippen LogP contribution in [0.3, 0.4) is 0 Å². The molecule has 0 aromatic heterocycles. The number of amides is 3. The van der Waals surface area contributed by atoms with Crippen molar-refractivity contribution in [1.29, 1.82) is 0 Å². The Morgan fingerprint density at radius 2 is 1.77 bits per heavy atom. The third kappa shape index (κ3) is 6.67. The molecule has 1 aromatic carbocycles. The van der Waals surface area contributed by atoms with Crippen molar-refractivity contribution in [2.24, 2.45) is 5.92 Å². The topological polar surface area (TPSA) is 64.7 Å². The molecule has 1 aromatic rings. The molecule has 1 aliphatic heterocycles. The van der Waals surface area contributed by atoms with E-state index in [2.05, 4.69) is 22.5 Å². The van der Waals surface area contributed by atoms with Gasteiger partial charge in [0.05, 0.1) is 0 Å². The van der Waals surface area contributed by atoms with Crippen LogP contribution in [0, 0.1) is 5.92 Å². The largest absolute Gasteiger partial charge is 0.345 e. The number of likely N-dealkylation sites (tertiary alicyclic amines) is 1. The van der Waals surface area contributed by atoms with Crippen molar-refractivity contribution in [3.8, 4) is 0 Å². The molecule has 2 rings (SSSR count). The van der Waals surface area contributed by atoms with E-state index in [1.807, 2.05) is 12.1 Å². The number of carbonyl (C=O) groups excluding carboxylic acids is 2. The second-order valence-corrected chi connectivity index (χ2v) is 7.38. The van der Waals surface area contributed by atoms with E-state index in [0.29, 0.717) is 18.7 Å². The summed E-state index contributed by atoms with van der Waals surface area (Å²) in [6.07, 6.45) is 3.54. The lowest BCUT2D eigenvalue weighted by molar-refractivity contribution is 0.0827. The summed E-state index contributed by atoms with van der Waals surface area (Å²) in [5, 5.41) is 5.76. The SMILES string of the molecule is CC1CCN(CCCNC(=O)NCc2ccc(C(=O)N(C)C)cc2)CC1. The van der Waals surface area contributed by atoms with Gasteiger partial charge in [0.1, 0.15) is 0 Å². The fourth-order valence-electron chi connectivity index (χ4n) is 3.06. The van der Waals surface area contributed by atoms with Crippen molar-refractivity contribution in [1.82, 2.24) is 20.4 Å². The Bertz CT molecular complexity index is 578. The maximum atomic E-state index is 11.9. The molecule has 0 atom stereocenters. The number of rotatable bonds is 7. The molecule has 3 amide bonds. The summed E-state index contributed by atoms with van der Waals surface area (Å²) in [6, 6.07) is 7.17. The van der Waals surface area contributed by atoms with Crippen LogP contribution in [0.15, 0.2) is 24.3 Å². The Balaban J connectivity index is 1.60. The zero-order valence-electron chi connectivity index (χ0n) is 16.3. The van der Waals surface area contributed by atoms with Gasteiger partial charge in [-0.2, -0.15) is 0 Å². The molecule has 144 valence electrons. The van der Waals surface area contributed by atoms with Crippen LogP contribution >= 0.6 is 0 Å². The van der Waals surface area contributed by atoms with E-state index in [-0.39, 0.29) is 11.9 Å². The van der Waals surface area contributed by atoms with Crippen molar-refractivity contribution >= 4 is 11.9 Å². The second kappa shape index (κ2) is 10.2. The lowest BCUT2D eigenvalue weighted by Crippen LogP contribution is -2.38. The first kappa shape index (κ1) is 20.2. The van der Waals surface area contributed by atoms with Gasteiger partial charge in [-0.15, -0.1) is 0 Å². The van der Waals surface area contributed by atoms with Gasteiger partial charge in [0, 0.05) is 32.7 Å². The third-order valence-corrected chi connectivity index (χ3v) is 4.87. The number of urea groups is 1. The summed E-state index contributed by atoms with van der Waals surface area (Å²) in [6.45, 7) is 6.87. The third-order valence-electron chi connectivity index (χ3n) is 4.87. The Labute approximate surface area is 156 Å². The van der Waals surface area contributed by atoms with Gasteiger partial charge in [0.2, 0.25) is 0 Å². The summed E-state index contributed by atoms with van der Waals surface area (Å²) in [4.78, 5) is 27.7. The molecule has 0 bridgehead atoms. The van der Waals surface area contributed by atoms with Crippen LogP contribution in [-0.4, -0.2) is 62.0 Å². The number of piperidine rings is 1. The van der Waals surface area contributed by atoms with Crippen LogP contribution < -0.4 is 10.6 Å². The zero-order valence-corrected chi connectivity index (χ0v) is 16.3. The van der Waals surface area contributed by atoms with Crippen LogP contribution in [0.2, 0.25) is 0 Å². The lowest BCUT2D eigenvalue weighted by Gasteiger charge is -2.30. The summed E-state index contributed by atoms with van der Waals surface area (Å²) < 4.78 is 0. The van der Waals surface area contributed by atoms with Crippen molar-refractivity contribution in [2.45, 2.75) is 32.7 Å². The van der Waals surface area contributed by atoms with Gasteiger partial charge in [0.15, 0.2) is 0 Å². The van der Waals surface area contributed by atoms with Gasteiger partial charge in [-0.3, -0.25) is 4.79 Å². The molecule has 6 heteroatoms. The Hall–Kier alpha value is -2.08. The predicted octanol–water partition coefficient (Wildman–Crippen LogP) is 2.31. The van der Waals surface area contributed by atoms with Crippen LogP contribution in [0.1, 0.15) is 42.1 Å². The first-order valence-electron chi connectivity index (χ1n) is 9.50. The standard InChI is InChI=1S/C20H32N4O2/c1-16-9-13-24(14-10-16)12-4-11-21-20(26)22-15-17-5-7-18(8-6-17)19(25)23(2)3/h5-8,16H,4,9-15H2,1-3H3,(H2,21,22,26). The molecule has 1 fully saturated rings. The minimum absolute atomic E-state index is 0.0228. The fourth-order valence-corrected chi connectivity index (χ4v) is 3.06. The first-order chi connectivity index (χ1) is 12.5. The van der Waals surface area contributed by atoms with Crippen LogP contribution in [0.5, 0.6) is 0 Å². The number of hydrogen-bond donors (Lipinski definition) is 2. The van der Waals surface area contributed by atoms with Gasteiger partial charge >= 0.3 is 6.03 Å². The minimum Gasteiger partial charge on any atom is -0.345 e. The number of benzene rings is 1. The molecular weight excluding hydrogens is 328 g/mol. The molecule has 0 aliphatic carbocycles. The number of hydrogen-bond acceptors (Lipinski definition) is 3. The molecule has 1 aliphatic rings. The number of nitrogens with one attached hydrogen (secondary N) is 2. The van der Waals surface area contributed by atoms with E-state index in [9.17, 15) is 9.59 Å². The van der Waals surface area contributed by atoms with Crippen LogP contribution in [0.25, 0.3) is 0 Å². The van der Waals surface area contributed by atoms with E-state index in [1.165, 1.54) is 25.9 Å². The minimum atomic E-state index is -0.147. The summed E-state index contributed by atoms with van der Waals surface area (Å²) in [7, 11) is 3.46. The van der Waals surface area contributed by atoms with E-state index in [4.69, 9.17) is 0 Å². The quantitative estimate of drug-likeness (QED) is 0.734. The van der Waals surface area contributed by atoms with Crippen molar-refractivity contribution < 1.29 is 9.59 Å². The normalized spacial score (nSPS) is 15.5. The molecule has 0 saturated carbocycles. The van der Waals surface area contributed by atoms with E-state index in [0.717, 1.165) is 24.4 Å². The summed E-state index contributed by atoms with van der Waals surface area (Å²) >= 11 is 0. The molecule has 0 radical (unpaired) electrons. The summed E-state index contributed by atoms with van der Waals surface area (Å²) in [5.74, 6) is 0.829. The van der Waals surface area contributed by atoms with Gasteiger partial charge < -0.3 is 20.4 Å². The highest BCUT2D eigenvalue weighted by atomic mass is 16.2. The highest BCUT2D eigenvalue weighted by Crippen LogP contribution is 2.15. The van der Waals surface area contributed by atoms with E-state index in [1.54, 1.807) is 31.1 Å². The second-order valence-electron chi connectivity index (χ2n) is 7.38. The molecule has 2 N–H and O–H groups in total. The highest BCUT2D eigenvalue weighted by molar-refractivity contribution is 5.93. The van der Waals surface area contributed by atoms with Crippen LogP contribution in [-0.2, 0) is 6.54 Å². The van der Waals surface area contributed by atoms with Crippen molar-refractivity contribution in [3.63, 3.8) is 0 Å². The Morgan fingerprint density at radius 1 is 1.12 bits per heavy atom. The summed E-state index contributed by atoms with van der Waals surface area (Å²) in [5.41, 5.74) is 1.62. The molecular formula is C20H32N4O2. The molecule has 26 heavy (non-hydrogen) atoms. The first-order valence-corrected chi connectivity index (χ1v) is 9.50. The fraction of sp³-hybridized carbons (Fsp3) is 0.600. The molecule has 0 unspecified atom stereocenters. The Morgan fingerprint density at radius 3 is 2.38 bits per heavy atom. The lowest BCUT2D eigenvalue weighted by atomic mass is 9.99. The van der Waals surface area contributed by atoms with Crippen LogP contribution in [0.4, 0.5) is 4.79 Å². The monoisotopic (exact) mass is 360 g/mol. The van der Waals surface area contributed by atoms with Gasteiger partial charge in [-0.25, -0.2) is 4.79 Å². The van der Waals surface area contributed by atoms with E-state index < -0.39 is 0 Å². The highest BCUT2D eigenvalue weighted by Gasteiger charge is 2.14. The number of nitrogens with zero attached hydrogens (tertiary/aromatic N) is 2. The zero-order chi connectivity index (χ0) is 18.9.